The summed E-state index contributed by atoms with van der Waals surface area (Å²) in [7, 11) is 1.83. The van der Waals surface area contributed by atoms with Gasteiger partial charge in [0.15, 0.2) is 0 Å². The van der Waals surface area contributed by atoms with Crippen molar-refractivity contribution in [3.8, 4) is 11.3 Å². The van der Waals surface area contributed by atoms with E-state index in [0.29, 0.717) is 5.69 Å². The van der Waals surface area contributed by atoms with E-state index in [1.54, 1.807) is 10.6 Å². The van der Waals surface area contributed by atoms with Crippen LogP contribution in [-0.4, -0.2) is 10.5 Å². The fourth-order valence-electron chi connectivity index (χ4n) is 1.70. The highest BCUT2D eigenvalue weighted by molar-refractivity contribution is 9.10. The first kappa shape index (κ1) is 11.0. The molecule has 2 aromatic rings. The lowest BCUT2D eigenvalue weighted by molar-refractivity contribution is 0.0993. The molecule has 0 spiro atoms. The van der Waals surface area contributed by atoms with Gasteiger partial charge in [0.25, 0.3) is 5.91 Å². The SMILES string of the molecule is Cn1c(C(N)=O)ccc1-c1ccccc1Br. The molecule has 0 saturated heterocycles. The molecule has 2 rings (SSSR count). The Morgan fingerprint density at radius 2 is 1.94 bits per heavy atom. The van der Waals surface area contributed by atoms with Gasteiger partial charge < -0.3 is 10.3 Å². The number of halogens is 1. The van der Waals surface area contributed by atoms with Crippen LogP contribution in [0.15, 0.2) is 40.9 Å². The van der Waals surface area contributed by atoms with Crippen LogP contribution in [0.5, 0.6) is 0 Å². The van der Waals surface area contributed by atoms with Crippen molar-refractivity contribution in [2.45, 2.75) is 0 Å². The van der Waals surface area contributed by atoms with Gasteiger partial charge in [0, 0.05) is 22.8 Å². The van der Waals surface area contributed by atoms with Crippen LogP contribution in [0, 0.1) is 0 Å². The van der Waals surface area contributed by atoms with E-state index in [9.17, 15) is 4.79 Å². The third-order valence-corrected chi connectivity index (χ3v) is 3.22. The molecule has 0 bridgehead atoms. The van der Waals surface area contributed by atoms with Gasteiger partial charge in [0.2, 0.25) is 0 Å². The highest BCUT2D eigenvalue weighted by Gasteiger charge is 2.11. The number of hydrogen-bond donors (Lipinski definition) is 1. The number of nitrogens with zero attached hydrogens (tertiary/aromatic N) is 1. The van der Waals surface area contributed by atoms with Gasteiger partial charge in [0.05, 0.1) is 0 Å². The quantitative estimate of drug-likeness (QED) is 0.902. The number of benzene rings is 1. The Morgan fingerprint density at radius 3 is 2.50 bits per heavy atom. The molecule has 0 aliphatic rings. The first-order valence-corrected chi connectivity index (χ1v) is 5.61. The molecule has 1 aromatic heterocycles. The smallest absolute Gasteiger partial charge is 0.265 e. The fourth-order valence-corrected chi connectivity index (χ4v) is 2.19. The van der Waals surface area contributed by atoms with E-state index in [1.165, 1.54) is 0 Å². The molecule has 0 fully saturated rings. The van der Waals surface area contributed by atoms with Gasteiger partial charge in [-0.2, -0.15) is 0 Å². The average Bonchev–Trinajstić information content (AvgIpc) is 2.61. The minimum absolute atomic E-state index is 0.416. The molecule has 4 heteroatoms. The first-order chi connectivity index (χ1) is 7.61. The van der Waals surface area contributed by atoms with Crippen LogP contribution in [0.3, 0.4) is 0 Å². The Morgan fingerprint density at radius 1 is 1.25 bits per heavy atom. The summed E-state index contributed by atoms with van der Waals surface area (Å²) < 4.78 is 2.79. The highest BCUT2D eigenvalue weighted by atomic mass is 79.9. The van der Waals surface area contributed by atoms with Crippen LogP contribution < -0.4 is 5.73 Å². The topological polar surface area (TPSA) is 48.0 Å². The molecular weight excluding hydrogens is 268 g/mol. The number of nitrogens with two attached hydrogens (primary N) is 1. The average molecular weight is 279 g/mol. The van der Waals surface area contributed by atoms with E-state index in [2.05, 4.69) is 15.9 Å². The summed E-state index contributed by atoms with van der Waals surface area (Å²) >= 11 is 3.48. The van der Waals surface area contributed by atoms with E-state index < -0.39 is 5.91 Å². The molecule has 1 heterocycles. The lowest BCUT2D eigenvalue weighted by atomic mass is 10.1. The van der Waals surface area contributed by atoms with E-state index >= 15 is 0 Å². The maximum Gasteiger partial charge on any atom is 0.265 e. The van der Waals surface area contributed by atoms with Gasteiger partial charge in [0.1, 0.15) is 5.69 Å². The molecule has 3 nitrogen and oxygen atoms in total. The Hall–Kier alpha value is -1.55. The zero-order valence-electron chi connectivity index (χ0n) is 8.77. The lowest BCUT2D eigenvalue weighted by Crippen LogP contribution is -2.15. The van der Waals surface area contributed by atoms with Crippen molar-refractivity contribution in [3.05, 3.63) is 46.6 Å². The van der Waals surface area contributed by atoms with Gasteiger partial charge in [-0.3, -0.25) is 4.79 Å². The monoisotopic (exact) mass is 278 g/mol. The zero-order chi connectivity index (χ0) is 11.7. The fraction of sp³-hybridized carbons (Fsp3) is 0.0833. The second-order valence-corrected chi connectivity index (χ2v) is 4.36. The highest BCUT2D eigenvalue weighted by Crippen LogP contribution is 2.28. The number of primary amides is 1. The van der Waals surface area contributed by atoms with Gasteiger partial charge in [-0.1, -0.05) is 34.1 Å². The second-order valence-electron chi connectivity index (χ2n) is 3.51. The number of carbonyl (C=O) groups excluding carboxylic acids is 1. The Balaban J connectivity index is 2.58. The van der Waals surface area contributed by atoms with Gasteiger partial charge >= 0.3 is 0 Å². The van der Waals surface area contributed by atoms with Crippen LogP contribution in [0.25, 0.3) is 11.3 Å². The normalized spacial score (nSPS) is 10.4. The summed E-state index contributed by atoms with van der Waals surface area (Å²) in [4.78, 5) is 11.1. The molecule has 0 atom stereocenters. The molecule has 0 aliphatic carbocycles. The number of hydrogen-bond acceptors (Lipinski definition) is 1. The Bertz CT molecular complexity index is 546. The lowest BCUT2D eigenvalue weighted by Gasteiger charge is -2.07. The van der Waals surface area contributed by atoms with Crippen LogP contribution in [0.4, 0.5) is 0 Å². The third-order valence-electron chi connectivity index (χ3n) is 2.52. The standard InChI is InChI=1S/C12H11BrN2O/c1-15-10(6-7-11(15)12(14)16)8-4-2-3-5-9(8)13/h2-7H,1H3,(H2,14,16). The molecule has 16 heavy (non-hydrogen) atoms. The minimum atomic E-state index is -0.416. The molecular formula is C12H11BrN2O. The van der Waals surface area contributed by atoms with Crippen LogP contribution in [-0.2, 0) is 7.05 Å². The first-order valence-electron chi connectivity index (χ1n) is 4.81. The summed E-state index contributed by atoms with van der Waals surface area (Å²) in [6.07, 6.45) is 0. The number of aromatic nitrogens is 1. The van der Waals surface area contributed by atoms with Gasteiger partial charge in [-0.05, 0) is 18.2 Å². The van der Waals surface area contributed by atoms with Crippen molar-refractivity contribution < 1.29 is 4.79 Å². The van der Waals surface area contributed by atoms with E-state index in [-0.39, 0.29) is 0 Å². The number of rotatable bonds is 2. The molecule has 0 radical (unpaired) electrons. The summed E-state index contributed by atoms with van der Waals surface area (Å²) in [6, 6.07) is 11.5. The molecule has 0 aliphatic heterocycles. The van der Waals surface area contributed by atoms with Crippen molar-refractivity contribution in [3.63, 3.8) is 0 Å². The van der Waals surface area contributed by atoms with Gasteiger partial charge in [-0.15, -0.1) is 0 Å². The molecule has 1 aromatic carbocycles. The van der Waals surface area contributed by atoms with E-state index in [1.807, 2.05) is 37.4 Å². The summed E-state index contributed by atoms with van der Waals surface area (Å²) in [5.41, 5.74) is 7.78. The molecule has 2 N–H and O–H groups in total. The van der Waals surface area contributed by atoms with Gasteiger partial charge in [-0.25, -0.2) is 0 Å². The van der Waals surface area contributed by atoms with Crippen LogP contribution in [0.1, 0.15) is 10.5 Å². The maximum atomic E-state index is 11.1. The third kappa shape index (κ3) is 1.76. The zero-order valence-corrected chi connectivity index (χ0v) is 10.4. The largest absolute Gasteiger partial charge is 0.364 e. The summed E-state index contributed by atoms with van der Waals surface area (Å²) in [5.74, 6) is -0.416. The van der Waals surface area contributed by atoms with Crippen LogP contribution in [0.2, 0.25) is 0 Å². The predicted molar refractivity (Wildman–Crippen MR) is 67.1 cm³/mol. The molecule has 0 saturated carbocycles. The molecule has 1 amide bonds. The van der Waals surface area contributed by atoms with Crippen molar-refractivity contribution in [2.75, 3.05) is 0 Å². The van der Waals surface area contributed by atoms with E-state index in [4.69, 9.17) is 5.73 Å². The van der Waals surface area contributed by atoms with E-state index in [0.717, 1.165) is 15.7 Å². The molecule has 0 unspecified atom stereocenters. The second kappa shape index (κ2) is 4.14. The Labute approximate surface area is 102 Å². The Kier molecular flexibility index (Phi) is 2.83. The molecule has 82 valence electrons. The maximum absolute atomic E-state index is 11.1. The van der Waals surface area contributed by atoms with Crippen molar-refractivity contribution in [2.24, 2.45) is 12.8 Å². The van der Waals surface area contributed by atoms with Crippen molar-refractivity contribution in [1.29, 1.82) is 0 Å². The van der Waals surface area contributed by atoms with Crippen molar-refractivity contribution >= 4 is 21.8 Å². The summed E-state index contributed by atoms with van der Waals surface area (Å²) in [5, 5.41) is 0. The predicted octanol–water partition coefficient (Wildman–Crippen LogP) is 2.55. The van der Waals surface area contributed by atoms with Crippen LogP contribution >= 0.6 is 15.9 Å². The van der Waals surface area contributed by atoms with Crippen molar-refractivity contribution in [1.82, 2.24) is 4.57 Å². The summed E-state index contributed by atoms with van der Waals surface area (Å²) in [6.45, 7) is 0. The minimum Gasteiger partial charge on any atom is -0.364 e. The number of amides is 1. The number of carbonyl (C=O) groups is 1.